The van der Waals surface area contributed by atoms with Crippen LogP contribution in [0.1, 0.15) is 23.0 Å². The number of nitrogens with zero attached hydrogens (tertiary/aromatic N) is 2. The van der Waals surface area contributed by atoms with Crippen LogP contribution in [0.4, 0.5) is 5.82 Å². The Balaban J connectivity index is 2.10. The van der Waals surface area contributed by atoms with Crippen molar-refractivity contribution in [2.24, 2.45) is 5.92 Å². The molecule has 1 aromatic heterocycles. The van der Waals surface area contributed by atoms with Gasteiger partial charge in [-0.05, 0) is 5.92 Å². The van der Waals surface area contributed by atoms with Crippen LogP contribution >= 0.6 is 23.1 Å². The van der Waals surface area contributed by atoms with Crippen LogP contribution in [0, 0.1) is 5.92 Å². The third kappa shape index (κ3) is 3.18. The van der Waals surface area contributed by atoms with Crippen molar-refractivity contribution in [1.82, 2.24) is 4.98 Å². The lowest BCUT2D eigenvalue weighted by molar-refractivity contribution is -0.117. The van der Waals surface area contributed by atoms with Gasteiger partial charge in [0.2, 0.25) is 5.91 Å². The Labute approximate surface area is 124 Å². The zero-order valence-corrected chi connectivity index (χ0v) is 12.8. The molecule has 108 valence electrons. The van der Waals surface area contributed by atoms with Crippen LogP contribution in [-0.2, 0) is 14.3 Å². The number of thiazole rings is 1. The number of rotatable bonds is 4. The summed E-state index contributed by atoms with van der Waals surface area (Å²) in [4.78, 5) is 40.6. The van der Waals surface area contributed by atoms with Crippen molar-refractivity contribution in [1.29, 1.82) is 0 Å². The minimum Gasteiger partial charge on any atom is -0.465 e. The number of esters is 1. The van der Waals surface area contributed by atoms with Crippen molar-refractivity contribution < 1.29 is 19.1 Å². The molecule has 0 saturated carbocycles. The molecule has 1 fully saturated rings. The lowest BCUT2D eigenvalue weighted by Crippen LogP contribution is -2.26. The first-order chi connectivity index (χ1) is 9.52. The third-order valence-electron chi connectivity index (χ3n) is 2.90. The summed E-state index contributed by atoms with van der Waals surface area (Å²) in [5.74, 6) is 0.507. The molecule has 2 heterocycles. The smallest absolute Gasteiger partial charge is 0.351 e. The predicted molar refractivity (Wildman–Crippen MR) is 77.1 cm³/mol. The van der Waals surface area contributed by atoms with E-state index in [0.29, 0.717) is 29.4 Å². The van der Waals surface area contributed by atoms with Gasteiger partial charge in [0.25, 0.3) is 0 Å². The molecule has 0 aromatic carbocycles. The van der Waals surface area contributed by atoms with Crippen LogP contribution in [0.25, 0.3) is 0 Å². The van der Waals surface area contributed by atoms with E-state index in [1.807, 2.05) is 0 Å². The van der Waals surface area contributed by atoms with Crippen molar-refractivity contribution in [3.8, 4) is 0 Å². The number of amides is 1. The van der Waals surface area contributed by atoms with Gasteiger partial charge in [0.1, 0.15) is 0 Å². The topological polar surface area (TPSA) is 76.6 Å². The average Bonchev–Trinajstić information content (AvgIpc) is 3.01. The number of methoxy groups -OCH3 is 1. The van der Waals surface area contributed by atoms with E-state index >= 15 is 0 Å². The van der Waals surface area contributed by atoms with Crippen LogP contribution in [0.3, 0.4) is 0 Å². The molecule has 1 aliphatic rings. The van der Waals surface area contributed by atoms with Crippen LogP contribution in [0.15, 0.2) is 5.51 Å². The Morgan fingerprint density at radius 1 is 1.60 bits per heavy atom. The summed E-state index contributed by atoms with van der Waals surface area (Å²) >= 11 is 2.37. The second-order valence-corrected chi connectivity index (χ2v) is 6.43. The first-order valence-electron chi connectivity index (χ1n) is 5.98. The van der Waals surface area contributed by atoms with E-state index in [9.17, 15) is 14.4 Å². The maximum atomic E-state index is 12.0. The quantitative estimate of drug-likeness (QED) is 0.785. The molecule has 6 nitrogen and oxygen atoms in total. The number of hydrogen-bond donors (Lipinski definition) is 0. The zero-order chi connectivity index (χ0) is 14.7. The van der Waals surface area contributed by atoms with E-state index in [4.69, 9.17) is 0 Å². The summed E-state index contributed by atoms with van der Waals surface area (Å²) in [7, 11) is 1.30. The van der Waals surface area contributed by atoms with Crippen LogP contribution < -0.4 is 4.90 Å². The van der Waals surface area contributed by atoms with Gasteiger partial charge in [-0.3, -0.25) is 14.5 Å². The summed E-state index contributed by atoms with van der Waals surface area (Å²) in [6.07, 6.45) is 0.373. The number of anilines is 1. The lowest BCUT2D eigenvalue weighted by atomic mass is 10.1. The van der Waals surface area contributed by atoms with Gasteiger partial charge in [-0.25, -0.2) is 9.78 Å². The number of hydrogen-bond acceptors (Lipinski definition) is 7. The zero-order valence-electron chi connectivity index (χ0n) is 11.1. The summed E-state index contributed by atoms with van der Waals surface area (Å²) in [5.41, 5.74) is 1.52. The number of carbonyl (C=O) groups is 3. The molecule has 8 heteroatoms. The fraction of sp³-hybridized carbons (Fsp3) is 0.500. The second-order valence-electron chi connectivity index (χ2n) is 4.37. The normalized spacial score (nSPS) is 18.4. The Morgan fingerprint density at radius 2 is 2.35 bits per heavy atom. The number of aromatic nitrogens is 1. The van der Waals surface area contributed by atoms with E-state index < -0.39 is 5.97 Å². The first kappa shape index (κ1) is 15.0. The van der Waals surface area contributed by atoms with Crippen molar-refractivity contribution >= 4 is 45.9 Å². The minimum absolute atomic E-state index is 0.0415. The molecule has 0 aliphatic carbocycles. The maximum absolute atomic E-state index is 12.0. The largest absolute Gasteiger partial charge is 0.465 e. The SMILES string of the molecule is COC(=O)c1scnc1N1CC(CSC(C)=O)CC1=O. The molecule has 0 N–H and O–H groups in total. The molecule has 1 unspecified atom stereocenters. The van der Waals surface area contributed by atoms with Gasteiger partial charge in [-0.1, -0.05) is 11.8 Å². The molecule has 1 atom stereocenters. The van der Waals surface area contributed by atoms with E-state index in [-0.39, 0.29) is 16.9 Å². The molecule has 1 amide bonds. The summed E-state index contributed by atoms with van der Waals surface area (Å²) in [6.45, 7) is 1.99. The highest BCUT2D eigenvalue weighted by molar-refractivity contribution is 8.13. The van der Waals surface area contributed by atoms with Gasteiger partial charge in [0, 0.05) is 25.6 Å². The summed E-state index contributed by atoms with van der Waals surface area (Å²) in [6, 6.07) is 0. The Morgan fingerprint density at radius 3 is 3.00 bits per heavy atom. The Hall–Kier alpha value is -1.41. The molecule has 1 aromatic rings. The van der Waals surface area contributed by atoms with Crippen LogP contribution in [0.2, 0.25) is 0 Å². The van der Waals surface area contributed by atoms with Crippen LogP contribution in [0.5, 0.6) is 0 Å². The predicted octanol–water partition coefficient (Wildman–Crippen LogP) is 1.56. The third-order valence-corrected chi connectivity index (χ3v) is 4.74. The average molecular weight is 314 g/mol. The number of thioether (sulfide) groups is 1. The molecule has 0 radical (unpaired) electrons. The molecule has 0 spiro atoms. The highest BCUT2D eigenvalue weighted by Crippen LogP contribution is 2.31. The van der Waals surface area contributed by atoms with Gasteiger partial charge < -0.3 is 4.74 Å². The van der Waals surface area contributed by atoms with Gasteiger partial charge in [0.05, 0.1) is 12.6 Å². The molecular formula is C12H14N2O4S2. The van der Waals surface area contributed by atoms with Crippen molar-refractivity contribution in [2.75, 3.05) is 24.3 Å². The molecule has 0 bridgehead atoms. The molecular weight excluding hydrogens is 300 g/mol. The fourth-order valence-electron chi connectivity index (χ4n) is 2.00. The first-order valence-corrected chi connectivity index (χ1v) is 7.85. The van der Waals surface area contributed by atoms with E-state index in [1.54, 1.807) is 0 Å². The van der Waals surface area contributed by atoms with Gasteiger partial charge in [-0.15, -0.1) is 11.3 Å². The summed E-state index contributed by atoms with van der Waals surface area (Å²) in [5, 5.41) is 0.0415. The number of carbonyl (C=O) groups excluding carboxylic acids is 3. The van der Waals surface area contributed by atoms with E-state index in [2.05, 4.69) is 9.72 Å². The van der Waals surface area contributed by atoms with Crippen LogP contribution in [-0.4, -0.2) is 41.4 Å². The van der Waals surface area contributed by atoms with Gasteiger partial charge in [-0.2, -0.15) is 0 Å². The van der Waals surface area contributed by atoms with Gasteiger partial charge >= 0.3 is 5.97 Å². The highest BCUT2D eigenvalue weighted by atomic mass is 32.2. The molecule has 1 saturated heterocycles. The Kier molecular flexibility index (Phi) is 4.77. The van der Waals surface area contributed by atoms with Crippen molar-refractivity contribution in [3.63, 3.8) is 0 Å². The van der Waals surface area contributed by atoms with E-state index in [1.165, 1.54) is 36.2 Å². The fourth-order valence-corrected chi connectivity index (χ4v) is 3.40. The monoisotopic (exact) mass is 314 g/mol. The summed E-state index contributed by atoms with van der Waals surface area (Å²) < 4.78 is 4.68. The second kappa shape index (κ2) is 6.36. The van der Waals surface area contributed by atoms with Gasteiger partial charge in [0.15, 0.2) is 15.8 Å². The van der Waals surface area contributed by atoms with E-state index in [0.717, 1.165) is 11.3 Å². The molecule has 20 heavy (non-hydrogen) atoms. The molecule has 2 rings (SSSR count). The van der Waals surface area contributed by atoms with Crippen molar-refractivity contribution in [2.45, 2.75) is 13.3 Å². The maximum Gasteiger partial charge on any atom is 0.351 e. The highest BCUT2D eigenvalue weighted by Gasteiger charge is 2.34. The standard InChI is InChI=1S/C12H14N2O4S2/c1-7(15)19-5-8-3-9(16)14(4-8)11-10(12(17)18-2)20-6-13-11/h6,8H,3-5H2,1-2H3. The lowest BCUT2D eigenvalue weighted by Gasteiger charge is -2.14. The minimum atomic E-state index is -0.489. The molecule has 1 aliphatic heterocycles. The Bertz CT molecular complexity index is 543. The van der Waals surface area contributed by atoms with Crippen molar-refractivity contribution in [3.05, 3.63) is 10.4 Å². The number of ether oxygens (including phenoxy) is 1.